The van der Waals surface area contributed by atoms with Crippen LogP contribution in [0.1, 0.15) is 13.8 Å². The molecule has 22 heavy (non-hydrogen) atoms. The summed E-state index contributed by atoms with van der Waals surface area (Å²) in [6, 6.07) is 6.40. The number of cyclic esters (lactones) is 1. The minimum Gasteiger partial charge on any atom is -0.447 e. The molecule has 114 valence electrons. The average molecular weight is 319 g/mol. The van der Waals surface area contributed by atoms with Crippen LogP contribution in [0, 0.1) is 10.1 Å². The van der Waals surface area contributed by atoms with Crippen molar-refractivity contribution in [1.29, 1.82) is 0 Å². The molecule has 1 saturated heterocycles. The molecule has 1 aromatic heterocycles. The van der Waals surface area contributed by atoms with E-state index in [9.17, 15) is 14.9 Å². The number of anilines is 1. The first-order valence-corrected chi connectivity index (χ1v) is 7.44. The number of hydrogen-bond donors (Lipinski definition) is 0. The Morgan fingerprint density at radius 3 is 2.77 bits per heavy atom. The van der Waals surface area contributed by atoms with Gasteiger partial charge in [0.25, 0.3) is 5.69 Å². The van der Waals surface area contributed by atoms with E-state index in [0.29, 0.717) is 16.4 Å². The molecule has 1 fully saturated rings. The lowest BCUT2D eigenvalue weighted by Gasteiger charge is -2.24. The summed E-state index contributed by atoms with van der Waals surface area (Å²) in [5, 5.41) is 13.3. The van der Waals surface area contributed by atoms with E-state index in [-0.39, 0.29) is 12.3 Å². The molecule has 1 aromatic carbocycles. The second-order valence-electron chi connectivity index (χ2n) is 5.49. The van der Waals surface area contributed by atoms with Crippen molar-refractivity contribution in [1.82, 2.24) is 4.98 Å². The molecular formula is C14H13N3O4S. The van der Waals surface area contributed by atoms with Gasteiger partial charge in [0.15, 0.2) is 5.13 Å². The van der Waals surface area contributed by atoms with Crippen molar-refractivity contribution in [2.45, 2.75) is 19.4 Å². The fourth-order valence-electron chi connectivity index (χ4n) is 2.29. The maximum atomic E-state index is 11.9. The summed E-state index contributed by atoms with van der Waals surface area (Å²) in [4.78, 5) is 28.4. The lowest BCUT2D eigenvalue weighted by Crippen LogP contribution is -2.42. The van der Waals surface area contributed by atoms with Gasteiger partial charge in [0, 0.05) is 11.4 Å². The first kappa shape index (κ1) is 14.5. The Balaban J connectivity index is 2.02. The number of hydrogen-bond acceptors (Lipinski definition) is 6. The van der Waals surface area contributed by atoms with Crippen molar-refractivity contribution < 1.29 is 14.5 Å². The van der Waals surface area contributed by atoms with Crippen molar-refractivity contribution in [2.75, 3.05) is 11.5 Å². The zero-order valence-corrected chi connectivity index (χ0v) is 12.8. The van der Waals surface area contributed by atoms with E-state index >= 15 is 0 Å². The van der Waals surface area contributed by atoms with Crippen molar-refractivity contribution in [3.05, 3.63) is 39.8 Å². The fourth-order valence-corrected chi connectivity index (χ4v) is 3.27. The molecule has 0 atom stereocenters. The number of carbonyl (C=O) groups excluding carboxylic acids is 1. The number of nitrogens with zero attached hydrogens (tertiary/aromatic N) is 3. The van der Waals surface area contributed by atoms with Crippen LogP contribution in [0.5, 0.6) is 0 Å². The molecule has 2 aromatic rings. The van der Waals surface area contributed by atoms with Crippen LogP contribution in [-0.2, 0) is 4.74 Å². The number of para-hydroxylation sites is 1. The minimum absolute atomic E-state index is 0.0115. The van der Waals surface area contributed by atoms with E-state index in [0.717, 1.165) is 0 Å². The molecule has 0 N–H and O–H groups in total. The lowest BCUT2D eigenvalue weighted by molar-refractivity contribution is -0.384. The minimum atomic E-state index is -0.491. The Morgan fingerprint density at radius 1 is 1.41 bits per heavy atom. The summed E-state index contributed by atoms with van der Waals surface area (Å²) in [5.41, 5.74) is 0.403. The molecular weight excluding hydrogens is 306 g/mol. The molecule has 0 unspecified atom stereocenters. The van der Waals surface area contributed by atoms with E-state index < -0.39 is 16.6 Å². The van der Waals surface area contributed by atoms with E-state index in [4.69, 9.17) is 4.74 Å². The molecule has 0 saturated carbocycles. The summed E-state index contributed by atoms with van der Waals surface area (Å²) < 4.78 is 5.06. The third kappa shape index (κ3) is 2.31. The van der Waals surface area contributed by atoms with Crippen LogP contribution in [0.25, 0.3) is 11.3 Å². The highest BCUT2D eigenvalue weighted by molar-refractivity contribution is 7.14. The zero-order chi connectivity index (χ0) is 15.9. The van der Waals surface area contributed by atoms with Gasteiger partial charge in [0.1, 0.15) is 6.61 Å². The van der Waals surface area contributed by atoms with Gasteiger partial charge in [-0.05, 0) is 19.9 Å². The number of amides is 1. The number of carbonyl (C=O) groups is 1. The second-order valence-corrected chi connectivity index (χ2v) is 6.33. The third-order valence-electron chi connectivity index (χ3n) is 3.40. The molecule has 1 aliphatic rings. The van der Waals surface area contributed by atoms with Crippen LogP contribution in [-0.4, -0.2) is 28.1 Å². The van der Waals surface area contributed by atoms with Gasteiger partial charge in [0.2, 0.25) is 0 Å². The van der Waals surface area contributed by atoms with Gasteiger partial charge in [-0.2, -0.15) is 0 Å². The van der Waals surface area contributed by atoms with Crippen LogP contribution < -0.4 is 4.90 Å². The van der Waals surface area contributed by atoms with Crippen molar-refractivity contribution in [3.63, 3.8) is 0 Å². The molecule has 8 heteroatoms. The third-order valence-corrected chi connectivity index (χ3v) is 4.22. The number of aromatic nitrogens is 1. The predicted molar refractivity (Wildman–Crippen MR) is 82.1 cm³/mol. The van der Waals surface area contributed by atoms with Gasteiger partial charge in [-0.1, -0.05) is 12.1 Å². The maximum absolute atomic E-state index is 11.9. The Bertz CT molecular complexity index is 756. The zero-order valence-electron chi connectivity index (χ0n) is 12.0. The van der Waals surface area contributed by atoms with Crippen LogP contribution in [0.2, 0.25) is 0 Å². The van der Waals surface area contributed by atoms with Crippen LogP contribution in [0.4, 0.5) is 15.6 Å². The fraction of sp³-hybridized carbons (Fsp3) is 0.286. The summed E-state index contributed by atoms with van der Waals surface area (Å²) in [7, 11) is 0. The molecule has 1 amide bonds. The van der Waals surface area contributed by atoms with Gasteiger partial charge in [-0.15, -0.1) is 11.3 Å². The smallest absolute Gasteiger partial charge is 0.416 e. The van der Waals surface area contributed by atoms with Crippen molar-refractivity contribution in [2.24, 2.45) is 0 Å². The quantitative estimate of drug-likeness (QED) is 0.639. The number of nitro benzene ring substituents is 1. The number of thiazole rings is 1. The van der Waals surface area contributed by atoms with Crippen molar-refractivity contribution >= 4 is 28.2 Å². The summed E-state index contributed by atoms with van der Waals surface area (Å²) >= 11 is 1.26. The molecule has 1 aliphatic heterocycles. The SMILES string of the molecule is CC1(C)COC(=O)N1c1nc(-c2ccccc2[N+](=O)[O-])cs1. The first-order chi connectivity index (χ1) is 10.4. The molecule has 0 spiro atoms. The topological polar surface area (TPSA) is 85.6 Å². The Kier molecular flexibility index (Phi) is 3.32. The monoisotopic (exact) mass is 319 g/mol. The summed E-state index contributed by atoms with van der Waals surface area (Å²) in [6.45, 7) is 4.04. The molecule has 2 heterocycles. The standard InChI is InChI=1S/C14H13N3O4S/c1-14(2)8-21-13(18)16(14)12-15-10(7-22-12)9-5-3-4-6-11(9)17(19)20/h3-7H,8H2,1-2H3. The van der Waals surface area contributed by atoms with E-state index in [2.05, 4.69) is 4.98 Å². The van der Waals surface area contributed by atoms with Crippen molar-refractivity contribution in [3.8, 4) is 11.3 Å². The molecule has 3 rings (SSSR count). The first-order valence-electron chi connectivity index (χ1n) is 6.56. The van der Waals surface area contributed by atoms with Crippen LogP contribution in [0.3, 0.4) is 0 Å². The molecule has 0 bridgehead atoms. The van der Waals surface area contributed by atoms with Gasteiger partial charge in [-0.3, -0.25) is 10.1 Å². The second kappa shape index (κ2) is 5.06. The number of ether oxygens (including phenoxy) is 1. The van der Waals surface area contributed by atoms with Crippen LogP contribution >= 0.6 is 11.3 Å². The Morgan fingerprint density at radius 2 is 2.14 bits per heavy atom. The summed E-state index contributed by atoms with van der Waals surface area (Å²) in [5.74, 6) is 0. The highest BCUT2D eigenvalue weighted by atomic mass is 32.1. The highest BCUT2D eigenvalue weighted by Gasteiger charge is 2.42. The largest absolute Gasteiger partial charge is 0.447 e. The Labute approximate surface area is 130 Å². The number of nitro groups is 1. The molecule has 7 nitrogen and oxygen atoms in total. The van der Waals surface area contributed by atoms with Gasteiger partial charge in [0.05, 0.1) is 21.7 Å². The van der Waals surface area contributed by atoms with E-state index in [1.165, 1.54) is 22.3 Å². The molecule has 0 aliphatic carbocycles. The highest BCUT2D eigenvalue weighted by Crippen LogP contribution is 2.37. The Hall–Kier alpha value is -2.48. The van der Waals surface area contributed by atoms with Gasteiger partial charge < -0.3 is 4.74 Å². The van der Waals surface area contributed by atoms with E-state index in [1.807, 2.05) is 13.8 Å². The number of rotatable bonds is 3. The normalized spacial score (nSPS) is 16.6. The predicted octanol–water partition coefficient (Wildman–Crippen LogP) is 3.45. The summed E-state index contributed by atoms with van der Waals surface area (Å²) in [6.07, 6.45) is -0.450. The maximum Gasteiger partial charge on any atom is 0.416 e. The van der Waals surface area contributed by atoms with Gasteiger partial charge in [-0.25, -0.2) is 14.7 Å². The number of benzene rings is 1. The lowest BCUT2D eigenvalue weighted by atomic mass is 10.1. The van der Waals surface area contributed by atoms with Gasteiger partial charge >= 0.3 is 6.09 Å². The molecule has 0 radical (unpaired) electrons. The van der Waals surface area contributed by atoms with Crippen LogP contribution in [0.15, 0.2) is 29.6 Å². The van der Waals surface area contributed by atoms with E-state index in [1.54, 1.807) is 23.6 Å². The average Bonchev–Trinajstić information content (AvgIpc) is 3.03.